The van der Waals surface area contributed by atoms with Crippen molar-refractivity contribution in [3.05, 3.63) is 36.0 Å². The number of para-hydroxylation sites is 1. The van der Waals surface area contributed by atoms with Gasteiger partial charge in [-0.3, -0.25) is 4.79 Å². The van der Waals surface area contributed by atoms with Gasteiger partial charge in [0, 0.05) is 36.3 Å². The Morgan fingerprint density at radius 2 is 2.05 bits per heavy atom. The van der Waals surface area contributed by atoms with Gasteiger partial charge in [0.25, 0.3) is 5.91 Å². The standard InChI is InChI=1S/C15H20N2O2/c1-15(2,8-9-18)16-14(19)12-10-17(3)13-7-5-4-6-11(12)13/h4-7,10,18H,8-9H2,1-3H3,(H,16,19). The van der Waals surface area contributed by atoms with E-state index in [1.165, 1.54) is 0 Å². The fraction of sp³-hybridized carbons (Fsp3) is 0.400. The average molecular weight is 260 g/mol. The summed E-state index contributed by atoms with van der Waals surface area (Å²) >= 11 is 0. The van der Waals surface area contributed by atoms with Crippen LogP contribution in [0.2, 0.25) is 0 Å². The molecule has 0 atom stereocenters. The van der Waals surface area contributed by atoms with Gasteiger partial charge in [-0.15, -0.1) is 0 Å². The van der Waals surface area contributed by atoms with E-state index in [4.69, 9.17) is 5.11 Å². The molecule has 0 bridgehead atoms. The predicted molar refractivity (Wildman–Crippen MR) is 76.2 cm³/mol. The fourth-order valence-corrected chi connectivity index (χ4v) is 2.24. The molecule has 2 N–H and O–H groups in total. The molecule has 4 nitrogen and oxygen atoms in total. The van der Waals surface area contributed by atoms with Crippen molar-refractivity contribution in [2.75, 3.05) is 6.61 Å². The maximum absolute atomic E-state index is 12.4. The second-order valence-corrected chi connectivity index (χ2v) is 5.48. The minimum atomic E-state index is -0.414. The molecule has 1 aromatic carbocycles. The molecule has 0 aliphatic carbocycles. The van der Waals surface area contributed by atoms with E-state index < -0.39 is 5.54 Å². The highest BCUT2D eigenvalue weighted by molar-refractivity contribution is 6.07. The fourth-order valence-electron chi connectivity index (χ4n) is 2.24. The summed E-state index contributed by atoms with van der Waals surface area (Å²) in [6, 6.07) is 7.83. The maximum Gasteiger partial charge on any atom is 0.253 e. The van der Waals surface area contributed by atoms with Crippen LogP contribution in [0.25, 0.3) is 10.9 Å². The van der Waals surface area contributed by atoms with Crippen molar-refractivity contribution in [1.82, 2.24) is 9.88 Å². The van der Waals surface area contributed by atoms with Gasteiger partial charge in [-0.1, -0.05) is 18.2 Å². The molecule has 1 amide bonds. The Bertz CT molecular complexity index is 599. The van der Waals surface area contributed by atoms with Gasteiger partial charge in [0.2, 0.25) is 0 Å². The summed E-state index contributed by atoms with van der Waals surface area (Å²) in [6.45, 7) is 3.88. The average Bonchev–Trinajstić information content (AvgIpc) is 2.67. The first-order valence-electron chi connectivity index (χ1n) is 6.42. The lowest BCUT2D eigenvalue weighted by Gasteiger charge is -2.25. The van der Waals surface area contributed by atoms with Crippen molar-refractivity contribution in [1.29, 1.82) is 0 Å². The highest BCUT2D eigenvalue weighted by Crippen LogP contribution is 2.21. The Labute approximate surface area is 113 Å². The second kappa shape index (κ2) is 5.05. The van der Waals surface area contributed by atoms with Gasteiger partial charge in [0.05, 0.1) is 5.56 Å². The molecule has 0 aliphatic rings. The van der Waals surface area contributed by atoms with Crippen LogP contribution < -0.4 is 5.32 Å². The molecule has 1 heterocycles. The largest absolute Gasteiger partial charge is 0.396 e. The quantitative estimate of drug-likeness (QED) is 0.884. The summed E-state index contributed by atoms with van der Waals surface area (Å²) in [5.41, 5.74) is 1.29. The Kier molecular flexibility index (Phi) is 3.62. The molecular weight excluding hydrogens is 240 g/mol. The number of aliphatic hydroxyl groups excluding tert-OH is 1. The lowest BCUT2D eigenvalue weighted by molar-refractivity contribution is 0.0901. The minimum absolute atomic E-state index is 0.0584. The van der Waals surface area contributed by atoms with Crippen LogP contribution in [0.4, 0.5) is 0 Å². The minimum Gasteiger partial charge on any atom is -0.396 e. The number of aliphatic hydroxyl groups is 1. The van der Waals surface area contributed by atoms with Gasteiger partial charge in [-0.2, -0.15) is 0 Å². The first kappa shape index (κ1) is 13.6. The van der Waals surface area contributed by atoms with Gasteiger partial charge in [0.1, 0.15) is 0 Å². The number of nitrogens with zero attached hydrogens (tertiary/aromatic N) is 1. The molecule has 2 aromatic rings. The molecule has 0 saturated heterocycles. The molecule has 1 aromatic heterocycles. The predicted octanol–water partition coefficient (Wildman–Crippen LogP) is 2.07. The number of nitrogens with one attached hydrogen (secondary N) is 1. The third-order valence-electron chi connectivity index (χ3n) is 3.33. The Morgan fingerprint density at radius 1 is 1.37 bits per heavy atom. The van der Waals surface area contributed by atoms with Gasteiger partial charge in [-0.25, -0.2) is 0 Å². The summed E-state index contributed by atoms with van der Waals surface area (Å²) in [6.07, 6.45) is 2.37. The number of fused-ring (bicyclic) bond motifs is 1. The van der Waals surface area contributed by atoms with Crippen LogP contribution >= 0.6 is 0 Å². The monoisotopic (exact) mass is 260 g/mol. The number of hydrogen-bond donors (Lipinski definition) is 2. The molecule has 19 heavy (non-hydrogen) atoms. The molecule has 0 unspecified atom stereocenters. The van der Waals surface area contributed by atoms with Crippen LogP contribution in [-0.4, -0.2) is 27.7 Å². The Hall–Kier alpha value is -1.81. The van der Waals surface area contributed by atoms with Crippen molar-refractivity contribution in [2.45, 2.75) is 25.8 Å². The number of carbonyl (C=O) groups is 1. The molecular formula is C15H20N2O2. The molecule has 102 valence electrons. The van der Waals surface area contributed by atoms with Crippen LogP contribution in [0.1, 0.15) is 30.6 Å². The molecule has 4 heteroatoms. The van der Waals surface area contributed by atoms with E-state index >= 15 is 0 Å². The zero-order valence-corrected chi connectivity index (χ0v) is 11.6. The number of carbonyl (C=O) groups excluding carboxylic acids is 1. The first-order valence-corrected chi connectivity index (χ1v) is 6.42. The number of hydrogen-bond acceptors (Lipinski definition) is 2. The number of aryl methyl sites for hydroxylation is 1. The molecule has 2 rings (SSSR count). The molecule has 0 radical (unpaired) electrons. The van der Waals surface area contributed by atoms with Crippen LogP contribution in [-0.2, 0) is 7.05 Å². The van der Waals surface area contributed by atoms with Crippen molar-refractivity contribution < 1.29 is 9.90 Å². The topological polar surface area (TPSA) is 54.3 Å². The van der Waals surface area contributed by atoms with Gasteiger partial charge in [0.15, 0.2) is 0 Å². The van der Waals surface area contributed by atoms with E-state index in [9.17, 15) is 4.79 Å². The molecule has 0 fully saturated rings. The third kappa shape index (κ3) is 2.79. The normalized spacial score (nSPS) is 11.8. The maximum atomic E-state index is 12.4. The zero-order chi connectivity index (χ0) is 14.0. The van der Waals surface area contributed by atoms with E-state index in [2.05, 4.69) is 5.32 Å². The van der Waals surface area contributed by atoms with E-state index in [-0.39, 0.29) is 12.5 Å². The summed E-state index contributed by atoms with van der Waals surface area (Å²) < 4.78 is 1.95. The summed E-state index contributed by atoms with van der Waals surface area (Å²) in [4.78, 5) is 12.4. The highest BCUT2D eigenvalue weighted by Gasteiger charge is 2.22. The zero-order valence-electron chi connectivity index (χ0n) is 11.6. The number of amides is 1. The second-order valence-electron chi connectivity index (χ2n) is 5.48. The van der Waals surface area contributed by atoms with Crippen molar-refractivity contribution in [2.24, 2.45) is 7.05 Å². The van der Waals surface area contributed by atoms with Gasteiger partial charge < -0.3 is 15.0 Å². The Morgan fingerprint density at radius 3 is 2.74 bits per heavy atom. The molecule has 0 spiro atoms. The summed E-state index contributed by atoms with van der Waals surface area (Å²) in [5.74, 6) is -0.102. The highest BCUT2D eigenvalue weighted by atomic mass is 16.3. The van der Waals surface area contributed by atoms with E-state index in [1.54, 1.807) is 0 Å². The van der Waals surface area contributed by atoms with E-state index in [1.807, 2.05) is 55.9 Å². The number of aromatic nitrogens is 1. The summed E-state index contributed by atoms with van der Waals surface area (Å²) in [5, 5.41) is 12.9. The number of benzene rings is 1. The first-order chi connectivity index (χ1) is 8.94. The third-order valence-corrected chi connectivity index (χ3v) is 3.33. The van der Waals surface area contributed by atoms with Crippen LogP contribution in [0.15, 0.2) is 30.5 Å². The summed E-state index contributed by atoms with van der Waals surface area (Å²) in [7, 11) is 1.93. The SMILES string of the molecule is Cn1cc(C(=O)NC(C)(C)CCO)c2ccccc21. The van der Waals surface area contributed by atoms with Crippen molar-refractivity contribution in [3.63, 3.8) is 0 Å². The molecule has 0 aliphatic heterocycles. The lowest BCUT2D eigenvalue weighted by atomic mass is 10.0. The lowest BCUT2D eigenvalue weighted by Crippen LogP contribution is -2.44. The van der Waals surface area contributed by atoms with Crippen molar-refractivity contribution >= 4 is 16.8 Å². The van der Waals surface area contributed by atoms with Crippen molar-refractivity contribution in [3.8, 4) is 0 Å². The number of rotatable bonds is 4. The van der Waals surface area contributed by atoms with E-state index in [0.29, 0.717) is 12.0 Å². The van der Waals surface area contributed by atoms with Crippen LogP contribution in [0, 0.1) is 0 Å². The Balaban J connectivity index is 2.32. The van der Waals surface area contributed by atoms with Gasteiger partial charge >= 0.3 is 0 Å². The smallest absolute Gasteiger partial charge is 0.253 e. The van der Waals surface area contributed by atoms with Gasteiger partial charge in [-0.05, 0) is 26.3 Å². The molecule has 0 saturated carbocycles. The van der Waals surface area contributed by atoms with E-state index in [0.717, 1.165) is 10.9 Å². The van der Waals surface area contributed by atoms with Crippen LogP contribution in [0.3, 0.4) is 0 Å². The van der Waals surface area contributed by atoms with Crippen LogP contribution in [0.5, 0.6) is 0 Å².